The Morgan fingerprint density at radius 2 is 2.17 bits per heavy atom. The first-order valence-electron chi connectivity index (χ1n) is 4.72. The van der Waals surface area contributed by atoms with E-state index in [1.807, 2.05) is 0 Å². The van der Waals surface area contributed by atoms with Gasteiger partial charge in [-0.3, -0.25) is 4.79 Å². The number of fused-ring (bicyclic) bond motifs is 2. The van der Waals surface area contributed by atoms with E-state index in [-0.39, 0.29) is 5.92 Å². The summed E-state index contributed by atoms with van der Waals surface area (Å²) in [6.45, 7) is 3.20. The van der Waals surface area contributed by atoms with Crippen LogP contribution in [0.25, 0.3) is 0 Å². The first kappa shape index (κ1) is 8.05. The lowest BCUT2D eigenvalue weighted by atomic mass is 9.80. The first-order valence-corrected chi connectivity index (χ1v) is 4.72. The monoisotopic (exact) mass is 169 g/mol. The average molecular weight is 169 g/mol. The van der Waals surface area contributed by atoms with Gasteiger partial charge >= 0.3 is 5.97 Å². The summed E-state index contributed by atoms with van der Waals surface area (Å²) in [5.41, 5.74) is 0. The highest BCUT2D eigenvalue weighted by molar-refractivity contribution is 5.70. The van der Waals surface area contributed by atoms with Crippen molar-refractivity contribution in [1.29, 1.82) is 0 Å². The minimum absolute atomic E-state index is 0.0541. The molecule has 2 fully saturated rings. The van der Waals surface area contributed by atoms with Gasteiger partial charge in [-0.25, -0.2) is 0 Å². The van der Waals surface area contributed by atoms with Crippen molar-refractivity contribution >= 4 is 5.97 Å². The third kappa shape index (κ3) is 1.33. The van der Waals surface area contributed by atoms with E-state index in [1.165, 1.54) is 13.0 Å². The average Bonchev–Trinajstić information content (AvgIpc) is 2.04. The van der Waals surface area contributed by atoms with Crippen molar-refractivity contribution in [3.8, 4) is 0 Å². The molecular weight excluding hydrogens is 154 g/mol. The molecular formula is C9H15NO2. The largest absolute Gasteiger partial charge is 0.481 e. The van der Waals surface area contributed by atoms with Crippen LogP contribution in [0, 0.1) is 11.8 Å². The predicted molar refractivity (Wildman–Crippen MR) is 44.9 cm³/mol. The van der Waals surface area contributed by atoms with Crippen LogP contribution >= 0.6 is 0 Å². The number of hydrogen-bond donors (Lipinski definition) is 1. The Morgan fingerprint density at radius 3 is 2.92 bits per heavy atom. The van der Waals surface area contributed by atoms with Crippen molar-refractivity contribution in [2.24, 2.45) is 11.8 Å². The maximum absolute atomic E-state index is 10.8. The molecule has 3 unspecified atom stereocenters. The van der Waals surface area contributed by atoms with Crippen LogP contribution in [0.3, 0.4) is 0 Å². The van der Waals surface area contributed by atoms with Gasteiger partial charge in [0.25, 0.3) is 0 Å². The molecule has 3 heteroatoms. The number of rotatable bonds is 1. The molecule has 3 atom stereocenters. The van der Waals surface area contributed by atoms with Crippen LogP contribution in [0.2, 0.25) is 0 Å². The van der Waals surface area contributed by atoms with Crippen LogP contribution in [0.4, 0.5) is 0 Å². The highest BCUT2D eigenvalue weighted by atomic mass is 16.4. The van der Waals surface area contributed by atoms with Crippen molar-refractivity contribution in [2.45, 2.75) is 19.3 Å². The summed E-state index contributed by atoms with van der Waals surface area (Å²) in [5.74, 6) is -0.201. The molecule has 0 spiro atoms. The molecule has 2 saturated heterocycles. The van der Waals surface area contributed by atoms with Gasteiger partial charge in [-0.1, -0.05) is 0 Å². The number of carbonyl (C=O) groups is 1. The summed E-state index contributed by atoms with van der Waals surface area (Å²) in [6.07, 6.45) is 3.17. The van der Waals surface area contributed by atoms with Crippen LogP contribution in [0.15, 0.2) is 0 Å². The summed E-state index contributed by atoms with van der Waals surface area (Å²) < 4.78 is 0. The molecule has 68 valence electrons. The van der Waals surface area contributed by atoms with Gasteiger partial charge in [0.05, 0.1) is 5.92 Å². The van der Waals surface area contributed by atoms with E-state index in [0.717, 1.165) is 25.9 Å². The lowest BCUT2D eigenvalue weighted by Gasteiger charge is -2.40. The molecule has 2 heterocycles. The van der Waals surface area contributed by atoms with E-state index in [4.69, 9.17) is 5.11 Å². The van der Waals surface area contributed by atoms with Crippen LogP contribution in [0.1, 0.15) is 19.3 Å². The maximum Gasteiger partial charge on any atom is 0.306 e. The zero-order valence-corrected chi connectivity index (χ0v) is 7.20. The Bertz CT molecular complexity index is 193. The number of hydrogen-bond acceptors (Lipinski definition) is 2. The molecule has 0 aliphatic carbocycles. The van der Waals surface area contributed by atoms with Crippen LogP contribution in [0.5, 0.6) is 0 Å². The van der Waals surface area contributed by atoms with Gasteiger partial charge in [-0.2, -0.15) is 0 Å². The molecule has 0 amide bonds. The zero-order valence-electron chi connectivity index (χ0n) is 7.20. The van der Waals surface area contributed by atoms with E-state index >= 15 is 0 Å². The van der Waals surface area contributed by atoms with Gasteiger partial charge in [0, 0.05) is 6.54 Å². The molecule has 2 aliphatic heterocycles. The van der Waals surface area contributed by atoms with Crippen molar-refractivity contribution in [2.75, 3.05) is 19.6 Å². The Labute approximate surface area is 72.4 Å². The summed E-state index contributed by atoms with van der Waals surface area (Å²) in [6, 6.07) is 0. The minimum atomic E-state index is -0.582. The van der Waals surface area contributed by atoms with Crippen LogP contribution < -0.4 is 0 Å². The topological polar surface area (TPSA) is 40.5 Å². The molecule has 3 nitrogen and oxygen atoms in total. The Morgan fingerprint density at radius 1 is 1.33 bits per heavy atom. The molecule has 0 saturated carbocycles. The van der Waals surface area contributed by atoms with Crippen molar-refractivity contribution in [3.05, 3.63) is 0 Å². The van der Waals surface area contributed by atoms with Crippen molar-refractivity contribution in [1.82, 2.24) is 4.90 Å². The second kappa shape index (κ2) is 3.05. The summed E-state index contributed by atoms with van der Waals surface area (Å²) in [5, 5.41) is 8.93. The molecule has 2 aliphatic rings. The van der Waals surface area contributed by atoms with Crippen molar-refractivity contribution in [3.63, 3.8) is 0 Å². The van der Waals surface area contributed by atoms with Gasteiger partial charge in [-0.15, -0.1) is 0 Å². The van der Waals surface area contributed by atoms with Crippen molar-refractivity contribution < 1.29 is 9.90 Å². The van der Waals surface area contributed by atoms with E-state index in [2.05, 4.69) is 4.90 Å². The van der Waals surface area contributed by atoms with E-state index in [0.29, 0.717) is 5.92 Å². The highest BCUT2D eigenvalue weighted by Gasteiger charge is 2.35. The Balaban J connectivity index is 2.04. The maximum atomic E-state index is 10.8. The molecule has 0 aromatic heterocycles. The highest BCUT2D eigenvalue weighted by Crippen LogP contribution is 2.31. The molecule has 0 radical (unpaired) electrons. The van der Waals surface area contributed by atoms with Gasteiger partial charge in [-0.05, 0) is 38.3 Å². The molecule has 12 heavy (non-hydrogen) atoms. The van der Waals surface area contributed by atoms with Gasteiger partial charge in [0.15, 0.2) is 0 Å². The smallest absolute Gasteiger partial charge is 0.306 e. The van der Waals surface area contributed by atoms with E-state index in [1.54, 1.807) is 0 Å². The number of piperidine rings is 2. The normalized spacial score (nSPS) is 40.8. The number of carboxylic acid groups (broad SMARTS) is 1. The number of aliphatic carboxylic acids is 1. The fourth-order valence-electron chi connectivity index (χ4n) is 2.51. The Hall–Kier alpha value is -0.570. The lowest BCUT2D eigenvalue weighted by molar-refractivity contribution is -0.146. The molecule has 2 bridgehead atoms. The predicted octanol–water partition coefficient (Wildman–Crippen LogP) is 0.803. The van der Waals surface area contributed by atoms with Crippen LogP contribution in [-0.2, 0) is 4.79 Å². The third-order valence-corrected chi connectivity index (χ3v) is 3.18. The standard InChI is InChI=1S/C9H15NO2/c11-9(12)8-3-5-10-4-1-2-7(8)6-10/h7-8H,1-6H2,(H,11,12). The van der Waals surface area contributed by atoms with E-state index in [9.17, 15) is 4.79 Å². The quantitative estimate of drug-likeness (QED) is 0.631. The zero-order chi connectivity index (χ0) is 8.55. The second-order valence-electron chi connectivity index (χ2n) is 3.94. The molecule has 1 N–H and O–H groups in total. The molecule has 0 aromatic carbocycles. The molecule has 2 rings (SSSR count). The molecule has 0 aromatic rings. The van der Waals surface area contributed by atoms with Gasteiger partial charge in [0.1, 0.15) is 0 Å². The third-order valence-electron chi connectivity index (χ3n) is 3.18. The summed E-state index contributed by atoms with van der Waals surface area (Å²) in [4.78, 5) is 13.2. The number of carboxylic acids is 1. The lowest BCUT2D eigenvalue weighted by Crippen LogP contribution is -2.46. The van der Waals surface area contributed by atoms with Gasteiger partial charge in [0.2, 0.25) is 0 Å². The fourth-order valence-corrected chi connectivity index (χ4v) is 2.51. The minimum Gasteiger partial charge on any atom is -0.481 e. The summed E-state index contributed by atoms with van der Waals surface area (Å²) in [7, 11) is 0. The summed E-state index contributed by atoms with van der Waals surface area (Å²) >= 11 is 0. The first-order chi connectivity index (χ1) is 5.77. The van der Waals surface area contributed by atoms with E-state index < -0.39 is 5.97 Å². The second-order valence-corrected chi connectivity index (χ2v) is 3.94. The fraction of sp³-hybridized carbons (Fsp3) is 0.889. The Kier molecular flexibility index (Phi) is 2.05. The van der Waals surface area contributed by atoms with Crippen LogP contribution in [-0.4, -0.2) is 35.6 Å². The SMILES string of the molecule is O=C(O)C1CCN2CCCC1C2. The number of nitrogens with zero attached hydrogens (tertiary/aromatic N) is 1. The van der Waals surface area contributed by atoms with Gasteiger partial charge < -0.3 is 10.0 Å².